The van der Waals surface area contributed by atoms with Crippen LogP contribution in [0, 0.1) is 6.92 Å². The summed E-state index contributed by atoms with van der Waals surface area (Å²) in [6.07, 6.45) is 0. The predicted octanol–water partition coefficient (Wildman–Crippen LogP) is 2.31. The Morgan fingerprint density at radius 3 is 2.89 bits per heavy atom. The summed E-state index contributed by atoms with van der Waals surface area (Å²) in [7, 11) is 1.77. The second-order valence-corrected chi connectivity index (χ2v) is 4.93. The summed E-state index contributed by atoms with van der Waals surface area (Å²) in [5, 5.41) is 1.94. The summed E-state index contributed by atoms with van der Waals surface area (Å²) in [4.78, 5) is 18.0. The molecule has 1 aromatic carbocycles. The van der Waals surface area contributed by atoms with Gasteiger partial charge in [-0.1, -0.05) is 0 Å². The number of hydrogen-bond acceptors (Lipinski definition) is 4. The Morgan fingerprint density at radius 2 is 2.28 bits per heavy atom. The molecule has 4 nitrogen and oxygen atoms in total. The Balaban J connectivity index is 2.12. The lowest BCUT2D eigenvalue weighted by Crippen LogP contribution is -2.26. The molecule has 0 radical (unpaired) electrons. The van der Waals surface area contributed by atoms with Gasteiger partial charge in [0.15, 0.2) is 0 Å². The smallest absolute Gasteiger partial charge is 0.253 e. The van der Waals surface area contributed by atoms with Crippen LogP contribution in [0.25, 0.3) is 0 Å². The van der Waals surface area contributed by atoms with E-state index in [2.05, 4.69) is 4.98 Å². The Kier molecular flexibility index (Phi) is 3.62. The molecule has 0 aliphatic heterocycles. The van der Waals surface area contributed by atoms with Crippen molar-refractivity contribution in [2.24, 2.45) is 0 Å². The van der Waals surface area contributed by atoms with Gasteiger partial charge in [-0.25, -0.2) is 4.98 Å². The van der Waals surface area contributed by atoms with Crippen LogP contribution in [0.3, 0.4) is 0 Å². The molecule has 2 N–H and O–H groups in total. The SMILES string of the molecule is Cc1cc(C(=O)N(C)Cc2cscn2)ccc1N. The molecule has 0 fully saturated rings. The molecular formula is C13H15N3OS. The largest absolute Gasteiger partial charge is 0.399 e. The number of carbonyl (C=O) groups excluding carboxylic acids is 1. The van der Waals surface area contributed by atoms with Gasteiger partial charge in [0.25, 0.3) is 5.91 Å². The number of nitrogen functional groups attached to an aromatic ring is 1. The summed E-state index contributed by atoms with van der Waals surface area (Å²) >= 11 is 1.53. The molecule has 1 heterocycles. The molecule has 0 saturated carbocycles. The Hall–Kier alpha value is -1.88. The number of anilines is 1. The van der Waals surface area contributed by atoms with Crippen molar-refractivity contribution in [3.05, 3.63) is 45.9 Å². The zero-order valence-electron chi connectivity index (χ0n) is 10.4. The van der Waals surface area contributed by atoms with Crippen molar-refractivity contribution >= 4 is 22.9 Å². The Morgan fingerprint density at radius 1 is 1.50 bits per heavy atom. The van der Waals surface area contributed by atoms with Crippen LogP contribution in [0.5, 0.6) is 0 Å². The summed E-state index contributed by atoms with van der Waals surface area (Å²) in [6.45, 7) is 2.41. The van der Waals surface area contributed by atoms with Gasteiger partial charge in [0.05, 0.1) is 17.7 Å². The highest BCUT2D eigenvalue weighted by Gasteiger charge is 2.13. The van der Waals surface area contributed by atoms with Crippen LogP contribution < -0.4 is 5.73 Å². The van der Waals surface area contributed by atoms with Gasteiger partial charge in [-0.3, -0.25) is 4.79 Å². The minimum atomic E-state index is -0.0221. The fraction of sp³-hybridized carbons (Fsp3) is 0.231. The fourth-order valence-corrected chi connectivity index (χ4v) is 2.21. The number of aryl methyl sites for hydroxylation is 1. The molecule has 0 bridgehead atoms. The van der Waals surface area contributed by atoms with Gasteiger partial charge >= 0.3 is 0 Å². The molecule has 0 spiro atoms. The minimum Gasteiger partial charge on any atom is -0.399 e. The van der Waals surface area contributed by atoms with Crippen molar-refractivity contribution < 1.29 is 4.79 Å². The second-order valence-electron chi connectivity index (χ2n) is 4.21. The highest BCUT2D eigenvalue weighted by atomic mass is 32.1. The number of benzene rings is 1. The van der Waals surface area contributed by atoms with Gasteiger partial charge in [-0.15, -0.1) is 11.3 Å². The third-order valence-corrected chi connectivity index (χ3v) is 3.38. The number of nitrogens with zero attached hydrogens (tertiary/aromatic N) is 2. The van der Waals surface area contributed by atoms with Crippen molar-refractivity contribution in [3.8, 4) is 0 Å². The molecule has 0 unspecified atom stereocenters. The standard InChI is InChI=1S/C13H15N3OS/c1-9-5-10(3-4-12(9)14)13(17)16(2)6-11-7-18-8-15-11/h3-5,7-8H,6,14H2,1-2H3. The average molecular weight is 261 g/mol. The fourth-order valence-electron chi connectivity index (χ4n) is 1.66. The first-order valence-electron chi connectivity index (χ1n) is 5.56. The van der Waals surface area contributed by atoms with Crippen molar-refractivity contribution in [1.82, 2.24) is 9.88 Å². The molecule has 0 aliphatic carbocycles. The van der Waals surface area contributed by atoms with Crippen LogP contribution in [0.4, 0.5) is 5.69 Å². The van der Waals surface area contributed by atoms with Crippen LogP contribution in [-0.2, 0) is 6.54 Å². The van der Waals surface area contributed by atoms with E-state index in [1.165, 1.54) is 11.3 Å². The van der Waals surface area contributed by atoms with Crippen molar-refractivity contribution in [2.45, 2.75) is 13.5 Å². The van der Waals surface area contributed by atoms with E-state index in [0.29, 0.717) is 17.8 Å². The number of nitrogens with two attached hydrogens (primary N) is 1. The number of thiazole rings is 1. The molecule has 0 atom stereocenters. The van der Waals surface area contributed by atoms with Gasteiger partial charge in [0.2, 0.25) is 0 Å². The number of carbonyl (C=O) groups is 1. The first-order chi connectivity index (χ1) is 8.58. The number of amides is 1. The molecule has 2 rings (SSSR count). The summed E-state index contributed by atoms with van der Waals surface area (Å²) in [5.74, 6) is -0.0221. The topological polar surface area (TPSA) is 59.2 Å². The number of aromatic nitrogens is 1. The van der Waals surface area contributed by atoms with Gasteiger partial charge in [0, 0.05) is 23.7 Å². The third kappa shape index (κ3) is 2.68. The lowest BCUT2D eigenvalue weighted by Gasteiger charge is -2.16. The van der Waals surface area contributed by atoms with Crippen LogP contribution in [0.15, 0.2) is 29.1 Å². The maximum absolute atomic E-state index is 12.2. The van der Waals surface area contributed by atoms with Gasteiger partial charge < -0.3 is 10.6 Å². The maximum Gasteiger partial charge on any atom is 0.253 e. The summed E-state index contributed by atoms with van der Waals surface area (Å²) in [6, 6.07) is 5.33. The monoisotopic (exact) mass is 261 g/mol. The van der Waals surface area contributed by atoms with Gasteiger partial charge in [-0.2, -0.15) is 0 Å². The van der Waals surface area contributed by atoms with Crippen LogP contribution >= 0.6 is 11.3 Å². The van der Waals surface area contributed by atoms with E-state index in [1.54, 1.807) is 29.6 Å². The number of hydrogen-bond donors (Lipinski definition) is 1. The minimum absolute atomic E-state index is 0.0221. The number of rotatable bonds is 3. The third-order valence-electron chi connectivity index (χ3n) is 2.75. The molecule has 1 aromatic heterocycles. The predicted molar refractivity (Wildman–Crippen MR) is 73.5 cm³/mol. The van der Waals surface area contributed by atoms with E-state index < -0.39 is 0 Å². The summed E-state index contributed by atoms with van der Waals surface area (Å²) in [5.41, 5.74) is 10.7. The molecule has 0 saturated heterocycles. The van der Waals surface area contributed by atoms with Crippen LogP contribution in [0.1, 0.15) is 21.6 Å². The zero-order valence-corrected chi connectivity index (χ0v) is 11.2. The van der Waals surface area contributed by atoms with E-state index in [9.17, 15) is 4.79 Å². The van der Waals surface area contributed by atoms with E-state index in [1.807, 2.05) is 18.4 Å². The van der Waals surface area contributed by atoms with Crippen molar-refractivity contribution in [1.29, 1.82) is 0 Å². The van der Waals surface area contributed by atoms with E-state index in [0.717, 1.165) is 11.3 Å². The molecule has 18 heavy (non-hydrogen) atoms. The first kappa shape index (κ1) is 12.6. The molecule has 1 amide bonds. The first-order valence-corrected chi connectivity index (χ1v) is 6.51. The van der Waals surface area contributed by atoms with Crippen molar-refractivity contribution in [2.75, 3.05) is 12.8 Å². The Labute approximate surface area is 110 Å². The quantitative estimate of drug-likeness (QED) is 0.862. The van der Waals surface area contributed by atoms with Gasteiger partial charge in [0.1, 0.15) is 0 Å². The van der Waals surface area contributed by atoms with E-state index >= 15 is 0 Å². The van der Waals surface area contributed by atoms with Gasteiger partial charge in [-0.05, 0) is 30.7 Å². The molecule has 5 heteroatoms. The molecule has 2 aromatic rings. The highest BCUT2D eigenvalue weighted by molar-refractivity contribution is 7.07. The van der Waals surface area contributed by atoms with Crippen LogP contribution in [-0.4, -0.2) is 22.8 Å². The zero-order chi connectivity index (χ0) is 13.1. The molecule has 0 aliphatic rings. The second kappa shape index (κ2) is 5.18. The maximum atomic E-state index is 12.2. The highest BCUT2D eigenvalue weighted by Crippen LogP contribution is 2.15. The molecule has 94 valence electrons. The molecular weight excluding hydrogens is 246 g/mol. The average Bonchev–Trinajstić information content (AvgIpc) is 2.84. The van der Waals surface area contributed by atoms with E-state index in [-0.39, 0.29) is 5.91 Å². The Bertz CT molecular complexity index is 551. The lowest BCUT2D eigenvalue weighted by atomic mass is 10.1. The van der Waals surface area contributed by atoms with Crippen molar-refractivity contribution in [3.63, 3.8) is 0 Å². The van der Waals surface area contributed by atoms with Crippen LogP contribution in [0.2, 0.25) is 0 Å². The summed E-state index contributed by atoms with van der Waals surface area (Å²) < 4.78 is 0. The lowest BCUT2D eigenvalue weighted by molar-refractivity contribution is 0.0783. The van der Waals surface area contributed by atoms with E-state index in [4.69, 9.17) is 5.73 Å². The normalized spacial score (nSPS) is 10.3.